The second kappa shape index (κ2) is 10.2. The fraction of sp³-hybridized carbons (Fsp3) is 0.0870. The summed E-state index contributed by atoms with van der Waals surface area (Å²) in [5.41, 5.74) is 1.93. The summed E-state index contributed by atoms with van der Waals surface area (Å²) in [6.45, 7) is 0. The average Bonchev–Trinajstić information content (AvgIpc) is 2.71. The van der Waals surface area contributed by atoms with E-state index in [-0.39, 0.29) is 5.91 Å². The quantitative estimate of drug-likeness (QED) is 0.501. The van der Waals surface area contributed by atoms with Crippen LogP contribution in [0.5, 0.6) is 11.5 Å². The summed E-state index contributed by atoms with van der Waals surface area (Å²) in [5.74, 6) is 2.73. The first-order valence-corrected chi connectivity index (χ1v) is 9.87. The summed E-state index contributed by atoms with van der Waals surface area (Å²) in [4.78, 5) is 12.0. The number of amides is 1. The molecule has 0 aromatic heterocycles. The lowest BCUT2D eigenvalue weighted by atomic mass is 10.2. The van der Waals surface area contributed by atoms with Crippen LogP contribution in [0.1, 0.15) is 5.56 Å². The smallest absolute Gasteiger partial charge is 0.234 e. The first-order valence-electron chi connectivity index (χ1n) is 8.72. The molecule has 4 heteroatoms. The minimum Gasteiger partial charge on any atom is -0.457 e. The van der Waals surface area contributed by atoms with E-state index in [1.807, 2.05) is 72.8 Å². The first-order chi connectivity index (χ1) is 13.3. The minimum absolute atomic E-state index is 0.00941. The molecule has 3 nitrogen and oxygen atoms in total. The molecule has 3 aromatic rings. The number of carbonyl (C=O) groups excluding carboxylic acids is 1. The lowest BCUT2D eigenvalue weighted by Crippen LogP contribution is -2.14. The van der Waals surface area contributed by atoms with Gasteiger partial charge in [0.1, 0.15) is 11.5 Å². The van der Waals surface area contributed by atoms with Gasteiger partial charge in [-0.2, -0.15) is 0 Å². The summed E-state index contributed by atoms with van der Waals surface area (Å²) in [6.07, 6.45) is 4.14. The van der Waals surface area contributed by atoms with Crippen LogP contribution >= 0.6 is 11.8 Å². The molecule has 1 N–H and O–H groups in total. The lowest BCUT2D eigenvalue weighted by Gasteiger charge is -2.08. The van der Waals surface area contributed by atoms with Crippen LogP contribution in [0.25, 0.3) is 6.08 Å². The van der Waals surface area contributed by atoms with Gasteiger partial charge in [0.25, 0.3) is 0 Å². The Balaban J connectivity index is 1.39. The van der Waals surface area contributed by atoms with Crippen molar-refractivity contribution in [3.05, 3.63) is 96.6 Å². The molecule has 3 rings (SSSR count). The van der Waals surface area contributed by atoms with Crippen LogP contribution < -0.4 is 10.1 Å². The molecule has 0 aliphatic heterocycles. The van der Waals surface area contributed by atoms with Gasteiger partial charge in [0.15, 0.2) is 0 Å². The molecule has 0 aliphatic rings. The van der Waals surface area contributed by atoms with Crippen LogP contribution in [-0.4, -0.2) is 17.4 Å². The third-order valence-corrected chi connectivity index (χ3v) is 4.57. The third kappa shape index (κ3) is 6.68. The topological polar surface area (TPSA) is 38.3 Å². The highest BCUT2D eigenvalue weighted by molar-refractivity contribution is 8.00. The van der Waals surface area contributed by atoms with Gasteiger partial charge in [-0.15, -0.1) is 11.8 Å². The highest BCUT2D eigenvalue weighted by Crippen LogP contribution is 2.22. The van der Waals surface area contributed by atoms with E-state index in [4.69, 9.17) is 4.74 Å². The first kappa shape index (κ1) is 18.8. The van der Waals surface area contributed by atoms with E-state index >= 15 is 0 Å². The van der Waals surface area contributed by atoms with Gasteiger partial charge in [-0.05, 0) is 42.0 Å². The fourth-order valence-electron chi connectivity index (χ4n) is 2.40. The predicted octanol–water partition coefficient (Wildman–Crippen LogP) is 5.86. The molecule has 0 atom stereocenters. The van der Waals surface area contributed by atoms with E-state index in [0.29, 0.717) is 5.75 Å². The molecule has 0 spiro atoms. The molecule has 0 unspecified atom stereocenters. The number of nitrogens with one attached hydrogen (secondary N) is 1. The van der Waals surface area contributed by atoms with Gasteiger partial charge in [0, 0.05) is 11.4 Å². The molecular formula is C23H21NO2S. The van der Waals surface area contributed by atoms with Gasteiger partial charge in [-0.25, -0.2) is 0 Å². The SMILES string of the molecule is O=C(CSCC=Cc1ccccc1)Nc1ccc(Oc2ccccc2)cc1. The Hall–Kier alpha value is -2.98. The summed E-state index contributed by atoms with van der Waals surface area (Å²) < 4.78 is 5.74. The van der Waals surface area contributed by atoms with Crippen LogP contribution in [0.4, 0.5) is 5.69 Å². The van der Waals surface area contributed by atoms with Crippen molar-refractivity contribution in [1.29, 1.82) is 0 Å². The molecule has 0 radical (unpaired) electrons. The maximum absolute atomic E-state index is 12.0. The Morgan fingerprint density at radius 1 is 0.852 bits per heavy atom. The number of thioether (sulfide) groups is 1. The van der Waals surface area contributed by atoms with E-state index in [1.165, 1.54) is 5.56 Å². The van der Waals surface area contributed by atoms with Gasteiger partial charge in [-0.3, -0.25) is 4.79 Å². The summed E-state index contributed by atoms with van der Waals surface area (Å²) >= 11 is 1.58. The number of rotatable bonds is 8. The monoisotopic (exact) mass is 375 g/mol. The average molecular weight is 375 g/mol. The highest BCUT2D eigenvalue weighted by atomic mass is 32.2. The number of anilines is 1. The van der Waals surface area contributed by atoms with Crippen molar-refractivity contribution in [2.45, 2.75) is 0 Å². The number of benzene rings is 3. The normalized spacial score (nSPS) is 10.7. The Bertz CT molecular complexity index is 862. The van der Waals surface area contributed by atoms with Crippen molar-refractivity contribution in [2.75, 3.05) is 16.8 Å². The molecule has 0 fully saturated rings. The molecule has 0 saturated carbocycles. The number of carbonyl (C=O) groups is 1. The summed E-state index contributed by atoms with van der Waals surface area (Å²) in [5, 5.41) is 2.90. The number of para-hydroxylation sites is 1. The number of ether oxygens (including phenoxy) is 1. The Labute approximate surface area is 164 Å². The van der Waals surface area contributed by atoms with Crippen LogP contribution in [0.2, 0.25) is 0 Å². The largest absolute Gasteiger partial charge is 0.457 e. The number of hydrogen-bond donors (Lipinski definition) is 1. The van der Waals surface area contributed by atoms with Crippen molar-refractivity contribution in [3.8, 4) is 11.5 Å². The summed E-state index contributed by atoms with van der Waals surface area (Å²) in [6, 6.07) is 27.1. The van der Waals surface area contributed by atoms with E-state index in [9.17, 15) is 4.79 Å². The van der Waals surface area contributed by atoms with Crippen molar-refractivity contribution in [1.82, 2.24) is 0 Å². The molecule has 27 heavy (non-hydrogen) atoms. The predicted molar refractivity (Wildman–Crippen MR) is 114 cm³/mol. The number of hydrogen-bond acceptors (Lipinski definition) is 3. The van der Waals surface area contributed by atoms with E-state index in [1.54, 1.807) is 11.8 Å². The molecule has 0 saturated heterocycles. The molecule has 1 amide bonds. The van der Waals surface area contributed by atoms with E-state index < -0.39 is 0 Å². The molecule has 0 heterocycles. The zero-order valence-electron chi connectivity index (χ0n) is 14.9. The van der Waals surface area contributed by atoms with Crippen LogP contribution in [-0.2, 0) is 4.79 Å². The lowest BCUT2D eigenvalue weighted by molar-refractivity contribution is -0.113. The van der Waals surface area contributed by atoms with Crippen LogP contribution in [0.15, 0.2) is 91.0 Å². The Morgan fingerprint density at radius 2 is 1.48 bits per heavy atom. The zero-order chi connectivity index (χ0) is 18.7. The standard InChI is InChI=1S/C23H21NO2S/c25-23(18-27-17-7-10-19-8-3-1-4-9-19)24-20-13-15-22(16-14-20)26-21-11-5-2-6-12-21/h1-16H,17-18H2,(H,24,25). The minimum atomic E-state index is -0.00941. The van der Waals surface area contributed by atoms with Crippen LogP contribution in [0.3, 0.4) is 0 Å². The Kier molecular flexibility index (Phi) is 7.13. The van der Waals surface area contributed by atoms with Gasteiger partial charge in [0.05, 0.1) is 5.75 Å². The zero-order valence-corrected chi connectivity index (χ0v) is 15.7. The molecule has 136 valence electrons. The van der Waals surface area contributed by atoms with Gasteiger partial charge in [-0.1, -0.05) is 60.7 Å². The molecule has 0 aliphatic carbocycles. The van der Waals surface area contributed by atoms with Crippen LogP contribution in [0, 0.1) is 0 Å². The maximum atomic E-state index is 12.0. The van der Waals surface area contributed by atoms with Crippen molar-refractivity contribution < 1.29 is 9.53 Å². The maximum Gasteiger partial charge on any atom is 0.234 e. The summed E-state index contributed by atoms with van der Waals surface area (Å²) in [7, 11) is 0. The van der Waals surface area contributed by atoms with Gasteiger partial charge >= 0.3 is 0 Å². The fourth-order valence-corrected chi connectivity index (χ4v) is 3.00. The van der Waals surface area contributed by atoms with Crippen molar-refractivity contribution in [2.24, 2.45) is 0 Å². The van der Waals surface area contributed by atoms with Gasteiger partial charge < -0.3 is 10.1 Å². The van der Waals surface area contributed by atoms with E-state index in [2.05, 4.69) is 29.6 Å². The Morgan fingerprint density at radius 3 is 2.19 bits per heavy atom. The second-order valence-corrected chi connectivity index (χ2v) is 6.85. The van der Waals surface area contributed by atoms with Crippen molar-refractivity contribution >= 4 is 29.4 Å². The highest BCUT2D eigenvalue weighted by Gasteiger charge is 2.03. The second-order valence-electron chi connectivity index (χ2n) is 5.82. The van der Waals surface area contributed by atoms with Gasteiger partial charge in [0.2, 0.25) is 5.91 Å². The molecule has 0 bridgehead atoms. The molecular weight excluding hydrogens is 354 g/mol. The van der Waals surface area contributed by atoms with Crippen molar-refractivity contribution in [3.63, 3.8) is 0 Å². The van der Waals surface area contributed by atoms with E-state index in [0.717, 1.165) is 22.9 Å². The third-order valence-electron chi connectivity index (χ3n) is 3.67. The molecule has 3 aromatic carbocycles.